The molecule has 0 aliphatic rings. The van der Waals surface area contributed by atoms with Crippen LogP contribution in [0.25, 0.3) is 0 Å². The van der Waals surface area contributed by atoms with Crippen LogP contribution in [0, 0.1) is 15.0 Å². The molecule has 74 valence electrons. The molecule has 14 heavy (non-hydrogen) atoms. The van der Waals surface area contributed by atoms with Gasteiger partial charge in [-0.2, -0.15) is 5.26 Å². The Kier molecular flexibility index (Phi) is 4.01. The van der Waals surface area contributed by atoms with Crippen LogP contribution in [0.15, 0.2) is 6.07 Å². The Bertz CT molecular complexity index is 390. The van der Waals surface area contributed by atoms with E-state index in [1.165, 1.54) is 6.07 Å². The summed E-state index contributed by atoms with van der Waals surface area (Å²) in [6.07, 6.45) is -2.63. The number of aromatic nitrogens is 1. The molecule has 0 atom stereocenters. The Hall–Kier alpha value is -0.480. The van der Waals surface area contributed by atoms with E-state index in [0.717, 1.165) is 0 Å². The van der Waals surface area contributed by atoms with Crippen LogP contribution in [-0.4, -0.2) is 4.98 Å². The number of nitrogens with zero attached hydrogens (tertiary/aromatic N) is 2. The number of alkyl halides is 2. The first-order valence-electron chi connectivity index (χ1n) is 3.56. The minimum atomic E-state index is -2.64. The summed E-state index contributed by atoms with van der Waals surface area (Å²) in [5.41, 5.74) is 0.0490. The average molecular weight is 328 g/mol. The van der Waals surface area contributed by atoms with Crippen molar-refractivity contribution in [3.8, 4) is 6.07 Å². The van der Waals surface area contributed by atoms with E-state index < -0.39 is 6.43 Å². The van der Waals surface area contributed by atoms with Crippen molar-refractivity contribution in [1.29, 1.82) is 5.26 Å². The molecule has 0 aromatic carbocycles. The van der Waals surface area contributed by atoms with E-state index in [0.29, 0.717) is 9.26 Å². The van der Waals surface area contributed by atoms with Gasteiger partial charge >= 0.3 is 0 Å². The van der Waals surface area contributed by atoms with Gasteiger partial charge in [0.05, 0.1) is 17.5 Å². The van der Waals surface area contributed by atoms with Crippen LogP contribution in [-0.2, 0) is 6.42 Å². The molecule has 0 amide bonds. The molecular weight excluding hydrogens is 324 g/mol. The van der Waals surface area contributed by atoms with Crippen molar-refractivity contribution < 1.29 is 8.78 Å². The van der Waals surface area contributed by atoms with Gasteiger partial charge in [-0.3, -0.25) is 0 Å². The highest BCUT2D eigenvalue weighted by atomic mass is 127. The first-order valence-corrected chi connectivity index (χ1v) is 5.02. The highest BCUT2D eigenvalue weighted by Gasteiger charge is 2.14. The van der Waals surface area contributed by atoms with Gasteiger partial charge < -0.3 is 0 Å². The Labute approximate surface area is 98.0 Å². The van der Waals surface area contributed by atoms with E-state index in [1.54, 1.807) is 22.6 Å². The normalized spacial score (nSPS) is 10.3. The summed E-state index contributed by atoms with van der Waals surface area (Å²) in [4.78, 5) is 3.61. The van der Waals surface area contributed by atoms with Crippen LogP contribution in [0.3, 0.4) is 0 Å². The maximum Gasteiger partial charge on any atom is 0.280 e. The minimum absolute atomic E-state index is 0.0110. The Morgan fingerprint density at radius 3 is 2.79 bits per heavy atom. The fourth-order valence-corrected chi connectivity index (χ4v) is 1.68. The predicted octanol–water partition coefficient (Wildman–Crippen LogP) is 3.34. The molecule has 1 aromatic heterocycles. The van der Waals surface area contributed by atoms with Gasteiger partial charge in [0, 0.05) is 0 Å². The summed E-state index contributed by atoms with van der Waals surface area (Å²) >= 11 is 7.55. The van der Waals surface area contributed by atoms with E-state index in [1.807, 2.05) is 6.07 Å². The lowest BCUT2D eigenvalue weighted by Gasteiger charge is -2.05. The molecule has 0 saturated carbocycles. The van der Waals surface area contributed by atoms with E-state index in [9.17, 15) is 8.78 Å². The third-order valence-electron chi connectivity index (χ3n) is 1.51. The number of hydrogen-bond donors (Lipinski definition) is 0. The van der Waals surface area contributed by atoms with Crippen LogP contribution in [0.2, 0.25) is 5.02 Å². The van der Waals surface area contributed by atoms with Crippen molar-refractivity contribution in [2.24, 2.45) is 0 Å². The molecule has 1 rings (SSSR count). The van der Waals surface area contributed by atoms with Gasteiger partial charge in [-0.15, -0.1) is 0 Å². The lowest BCUT2D eigenvalue weighted by molar-refractivity contribution is 0.146. The standard InChI is InChI=1S/C8H4ClF2IN2/c9-6-4(1-2-13)3-5(7(10)11)14-8(6)12/h3,7H,1H2. The quantitative estimate of drug-likeness (QED) is 0.617. The molecule has 0 fully saturated rings. The first-order chi connectivity index (χ1) is 6.56. The monoisotopic (exact) mass is 328 g/mol. The van der Waals surface area contributed by atoms with Crippen molar-refractivity contribution in [2.45, 2.75) is 12.8 Å². The van der Waals surface area contributed by atoms with Gasteiger partial charge in [0.2, 0.25) is 0 Å². The second-order valence-electron chi connectivity index (χ2n) is 2.45. The Morgan fingerprint density at radius 1 is 1.64 bits per heavy atom. The van der Waals surface area contributed by atoms with E-state index in [-0.39, 0.29) is 17.1 Å². The number of nitriles is 1. The van der Waals surface area contributed by atoms with Gasteiger partial charge in [-0.1, -0.05) is 11.6 Å². The van der Waals surface area contributed by atoms with Crippen LogP contribution >= 0.6 is 34.2 Å². The molecule has 0 aliphatic heterocycles. The van der Waals surface area contributed by atoms with Gasteiger partial charge in [0.1, 0.15) is 9.39 Å². The van der Waals surface area contributed by atoms with Gasteiger partial charge in [0.25, 0.3) is 6.43 Å². The first kappa shape index (κ1) is 11.6. The highest BCUT2D eigenvalue weighted by Crippen LogP contribution is 2.26. The molecule has 0 aliphatic carbocycles. The fraction of sp³-hybridized carbons (Fsp3) is 0.250. The summed E-state index contributed by atoms with van der Waals surface area (Å²) in [5, 5.41) is 8.72. The van der Waals surface area contributed by atoms with Crippen LogP contribution in [0.1, 0.15) is 17.7 Å². The molecule has 1 aromatic rings. The lowest BCUT2D eigenvalue weighted by atomic mass is 10.2. The van der Waals surface area contributed by atoms with Crippen LogP contribution < -0.4 is 0 Å². The zero-order valence-electron chi connectivity index (χ0n) is 6.77. The topological polar surface area (TPSA) is 36.7 Å². The van der Waals surface area contributed by atoms with E-state index in [2.05, 4.69) is 4.98 Å². The molecule has 0 radical (unpaired) electrons. The summed E-state index contributed by atoms with van der Waals surface area (Å²) < 4.78 is 24.9. The molecular formula is C8H4ClF2IN2. The summed E-state index contributed by atoms with van der Waals surface area (Å²) in [7, 11) is 0. The maximum absolute atomic E-state index is 12.3. The second-order valence-corrected chi connectivity index (χ2v) is 3.85. The fourth-order valence-electron chi connectivity index (χ4n) is 0.895. The molecule has 1 heterocycles. The molecule has 0 spiro atoms. The molecule has 0 bridgehead atoms. The van der Waals surface area contributed by atoms with Crippen molar-refractivity contribution in [3.05, 3.63) is 26.0 Å². The summed E-state index contributed by atoms with van der Waals surface area (Å²) in [6, 6.07) is 3.02. The third kappa shape index (κ3) is 2.51. The summed E-state index contributed by atoms with van der Waals surface area (Å²) in [6.45, 7) is 0. The van der Waals surface area contributed by atoms with Crippen LogP contribution in [0.5, 0.6) is 0 Å². The van der Waals surface area contributed by atoms with Crippen LogP contribution in [0.4, 0.5) is 8.78 Å². The largest absolute Gasteiger partial charge is 0.280 e. The number of pyridine rings is 1. The minimum Gasteiger partial charge on any atom is -0.239 e. The van der Waals surface area contributed by atoms with E-state index in [4.69, 9.17) is 16.9 Å². The second kappa shape index (κ2) is 4.84. The Balaban J connectivity index is 3.22. The predicted molar refractivity (Wildman–Crippen MR) is 56.2 cm³/mol. The maximum atomic E-state index is 12.3. The van der Waals surface area contributed by atoms with Gasteiger partial charge in [-0.05, 0) is 34.2 Å². The molecule has 0 saturated heterocycles. The average Bonchev–Trinajstić information content (AvgIpc) is 2.12. The Morgan fingerprint density at radius 2 is 2.29 bits per heavy atom. The smallest absolute Gasteiger partial charge is 0.239 e. The van der Waals surface area contributed by atoms with Crippen molar-refractivity contribution in [2.75, 3.05) is 0 Å². The molecule has 0 N–H and O–H groups in total. The summed E-state index contributed by atoms with van der Waals surface area (Å²) in [5.74, 6) is 0. The molecule has 6 heteroatoms. The van der Waals surface area contributed by atoms with Crippen molar-refractivity contribution >= 4 is 34.2 Å². The third-order valence-corrected chi connectivity index (χ3v) is 3.03. The van der Waals surface area contributed by atoms with Gasteiger partial charge in [0.15, 0.2) is 0 Å². The molecule has 0 unspecified atom stereocenters. The van der Waals surface area contributed by atoms with Crippen molar-refractivity contribution in [1.82, 2.24) is 4.98 Å². The number of halogens is 4. The SMILES string of the molecule is N#CCc1cc(C(F)F)nc(I)c1Cl. The zero-order valence-corrected chi connectivity index (χ0v) is 9.68. The van der Waals surface area contributed by atoms with E-state index >= 15 is 0 Å². The molecule has 2 nitrogen and oxygen atoms in total. The highest BCUT2D eigenvalue weighted by molar-refractivity contribution is 14.1. The zero-order chi connectivity index (χ0) is 10.7. The number of rotatable bonds is 2. The van der Waals surface area contributed by atoms with Crippen molar-refractivity contribution in [3.63, 3.8) is 0 Å². The number of hydrogen-bond acceptors (Lipinski definition) is 2. The lowest BCUT2D eigenvalue weighted by Crippen LogP contribution is -1.97. The van der Waals surface area contributed by atoms with Gasteiger partial charge in [-0.25, -0.2) is 13.8 Å².